The van der Waals surface area contributed by atoms with Crippen LogP contribution >= 0.6 is 0 Å². The Morgan fingerprint density at radius 3 is 2.23 bits per heavy atom. The number of anilines is 1. The van der Waals surface area contributed by atoms with Crippen molar-refractivity contribution < 1.29 is 13.5 Å². The third kappa shape index (κ3) is 3.09. The monoisotopic (exact) mass is 319 g/mol. The fourth-order valence-corrected chi connectivity index (χ4v) is 3.48. The lowest BCUT2D eigenvalue weighted by atomic mass is 9.95. The Kier molecular flexibility index (Phi) is 4.47. The molecule has 0 aliphatic carbocycles. The highest BCUT2D eigenvalue weighted by atomic mass is 32.2. The molecular formula is C17H21NO3S. The van der Waals surface area contributed by atoms with Crippen molar-refractivity contribution in [3.05, 3.63) is 53.1 Å². The molecule has 0 bridgehead atoms. The SMILES string of the molecule is Cc1cc(NS(=O)(=O)c2ccccc2)c(C(C)C)c(O)c1C. The predicted molar refractivity (Wildman–Crippen MR) is 88.9 cm³/mol. The first-order valence-electron chi connectivity index (χ1n) is 7.15. The summed E-state index contributed by atoms with van der Waals surface area (Å²) in [6.07, 6.45) is 0. The van der Waals surface area contributed by atoms with Crippen molar-refractivity contribution in [3.8, 4) is 5.75 Å². The number of hydrogen-bond acceptors (Lipinski definition) is 3. The Labute approximate surface area is 131 Å². The van der Waals surface area contributed by atoms with Gasteiger partial charge in [-0.2, -0.15) is 0 Å². The summed E-state index contributed by atoms with van der Waals surface area (Å²) in [7, 11) is -3.68. The lowest BCUT2D eigenvalue weighted by Gasteiger charge is -2.19. The molecule has 0 amide bonds. The third-order valence-corrected chi connectivity index (χ3v) is 5.11. The maximum absolute atomic E-state index is 12.5. The van der Waals surface area contributed by atoms with Crippen molar-refractivity contribution in [2.24, 2.45) is 0 Å². The number of aromatic hydroxyl groups is 1. The average Bonchev–Trinajstić information content (AvgIpc) is 2.45. The second kappa shape index (κ2) is 6.01. The molecule has 0 saturated carbocycles. The number of aryl methyl sites for hydroxylation is 1. The van der Waals surface area contributed by atoms with Crippen molar-refractivity contribution in [2.75, 3.05) is 4.72 Å². The highest BCUT2D eigenvalue weighted by molar-refractivity contribution is 7.92. The molecule has 0 aliphatic heterocycles. The molecule has 0 radical (unpaired) electrons. The number of phenolic OH excluding ortho intramolecular Hbond substituents is 1. The van der Waals surface area contributed by atoms with E-state index in [2.05, 4.69) is 4.72 Å². The Morgan fingerprint density at radius 1 is 1.09 bits per heavy atom. The maximum Gasteiger partial charge on any atom is 0.261 e. The maximum atomic E-state index is 12.5. The first kappa shape index (κ1) is 16.4. The molecule has 0 saturated heterocycles. The summed E-state index contributed by atoms with van der Waals surface area (Å²) in [5, 5.41) is 10.4. The highest BCUT2D eigenvalue weighted by Gasteiger charge is 2.21. The Bertz CT molecular complexity index is 781. The summed E-state index contributed by atoms with van der Waals surface area (Å²) >= 11 is 0. The van der Waals surface area contributed by atoms with Gasteiger partial charge in [0.15, 0.2) is 0 Å². The van der Waals surface area contributed by atoms with Gasteiger partial charge < -0.3 is 5.11 Å². The van der Waals surface area contributed by atoms with Crippen LogP contribution in [0.5, 0.6) is 5.75 Å². The summed E-state index contributed by atoms with van der Waals surface area (Å²) < 4.78 is 27.6. The summed E-state index contributed by atoms with van der Waals surface area (Å²) in [6.45, 7) is 7.51. The Hall–Kier alpha value is -2.01. The summed E-state index contributed by atoms with van der Waals surface area (Å²) in [5.41, 5.74) is 2.65. The quantitative estimate of drug-likeness (QED) is 0.897. The molecule has 0 unspecified atom stereocenters. The van der Waals surface area contributed by atoms with E-state index >= 15 is 0 Å². The van der Waals surface area contributed by atoms with E-state index < -0.39 is 10.0 Å². The van der Waals surface area contributed by atoms with Crippen molar-refractivity contribution in [2.45, 2.75) is 38.5 Å². The van der Waals surface area contributed by atoms with E-state index in [1.807, 2.05) is 27.7 Å². The zero-order chi connectivity index (χ0) is 16.5. The number of nitrogens with one attached hydrogen (secondary N) is 1. The molecule has 0 aromatic heterocycles. The lowest BCUT2D eigenvalue weighted by molar-refractivity contribution is 0.460. The van der Waals surface area contributed by atoms with Crippen LogP contribution < -0.4 is 4.72 Å². The summed E-state index contributed by atoms with van der Waals surface area (Å²) in [6, 6.07) is 9.97. The minimum atomic E-state index is -3.68. The lowest BCUT2D eigenvalue weighted by Crippen LogP contribution is -2.15. The van der Waals surface area contributed by atoms with Gasteiger partial charge in [-0.05, 0) is 49.1 Å². The van der Waals surface area contributed by atoms with Crippen LogP contribution in [-0.4, -0.2) is 13.5 Å². The molecule has 2 aromatic rings. The van der Waals surface area contributed by atoms with E-state index in [0.717, 1.165) is 11.1 Å². The molecule has 2 aromatic carbocycles. The minimum absolute atomic E-state index is 0.00669. The van der Waals surface area contributed by atoms with Crippen LogP contribution in [0.15, 0.2) is 41.3 Å². The van der Waals surface area contributed by atoms with Gasteiger partial charge in [-0.3, -0.25) is 4.72 Å². The largest absolute Gasteiger partial charge is 0.507 e. The Morgan fingerprint density at radius 2 is 1.68 bits per heavy atom. The van der Waals surface area contributed by atoms with Crippen molar-refractivity contribution in [1.82, 2.24) is 0 Å². The minimum Gasteiger partial charge on any atom is -0.507 e. The normalized spacial score (nSPS) is 11.7. The molecule has 0 aliphatic rings. The predicted octanol–water partition coefficient (Wildman–Crippen LogP) is 3.93. The molecule has 2 rings (SSSR count). The van der Waals surface area contributed by atoms with E-state index in [-0.39, 0.29) is 16.6 Å². The summed E-state index contributed by atoms with van der Waals surface area (Å²) in [5.74, 6) is 0.147. The van der Waals surface area contributed by atoms with Gasteiger partial charge in [-0.15, -0.1) is 0 Å². The molecular weight excluding hydrogens is 298 g/mol. The molecule has 0 fully saturated rings. The van der Waals surface area contributed by atoms with Gasteiger partial charge in [0.2, 0.25) is 0 Å². The van der Waals surface area contributed by atoms with E-state index in [1.54, 1.807) is 24.3 Å². The molecule has 0 atom stereocenters. The van der Waals surface area contributed by atoms with Gasteiger partial charge >= 0.3 is 0 Å². The van der Waals surface area contributed by atoms with Gasteiger partial charge in [0.05, 0.1) is 10.6 Å². The molecule has 22 heavy (non-hydrogen) atoms. The standard InChI is InChI=1S/C17H21NO3S/c1-11(2)16-15(10-12(3)13(4)17(16)19)18-22(20,21)14-8-6-5-7-9-14/h5-11,18-19H,1-4H3. The second-order valence-electron chi connectivity index (χ2n) is 5.70. The average molecular weight is 319 g/mol. The van der Waals surface area contributed by atoms with Crippen LogP contribution in [-0.2, 0) is 10.0 Å². The van der Waals surface area contributed by atoms with Crippen LogP contribution in [0.25, 0.3) is 0 Å². The number of hydrogen-bond donors (Lipinski definition) is 2. The molecule has 5 heteroatoms. The van der Waals surface area contributed by atoms with E-state index in [4.69, 9.17) is 0 Å². The fraction of sp³-hybridized carbons (Fsp3) is 0.294. The van der Waals surface area contributed by atoms with Crippen molar-refractivity contribution in [1.29, 1.82) is 0 Å². The van der Waals surface area contributed by atoms with Crippen LogP contribution in [0.2, 0.25) is 0 Å². The van der Waals surface area contributed by atoms with Crippen molar-refractivity contribution in [3.63, 3.8) is 0 Å². The molecule has 0 heterocycles. The molecule has 2 N–H and O–H groups in total. The first-order chi connectivity index (χ1) is 10.2. The van der Waals surface area contributed by atoms with Crippen molar-refractivity contribution >= 4 is 15.7 Å². The third-order valence-electron chi connectivity index (χ3n) is 3.73. The molecule has 118 valence electrons. The Balaban J connectivity index is 2.55. The topological polar surface area (TPSA) is 66.4 Å². The number of phenols is 1. The fourth-order valence-electron chi connectivity index (χ4n) is 2.39. The number of benzene rings is 2. The van der Waals surface area contributed by atoms with Gasteiger partial charge in [0.1, 0.15) is 5.75 Å². The van der Waals surface area contributed by atoms with Crippen LogP contribution in [0, 0.1) is 13.8 Å². The van der Waals surface area contributed by atoms with E-state index in [0.29, 0.717) is 11.3 Å². The van der Waals surface area contributed by atoms with Gasteiger partial charge in [0, 0.05) is 5.56 Å². The van der Waals surface area contributed by atoms with Gasteiger partial charge in [0.25, 0.3) is 10.0 Å². The first-order valence-corrected chi connectivity index (χ1v) is 8.63. The van der Waals surface area contributed by atoms with E-state index in [1.165, 1.54) is 12.1 Å². The zero-order valence-corrected chi connectivity index (χ0v) is 14.0. The molecule has 0 spiro atoms. The highest BCUT2D eigenvalue weighted by Crippen LogP contribution is 2.38. The van der Waals surface area contributed by atoms with E-state index in [9.17, 15) is 13.5 Å². The van der Waals surface area contributed by atoms with Gasteiger partial charge in [-0.25, -0.2) is 8.42 Å². The van der Waals surface area contributed by atoms with Gasteiger partial charge in [-0.1, -0.05) is 32.0 Å². The molecule has 4 nitrogen and oxygen atoms in total. The number of sulfonamides is 1. The smallest absolute Gasteiger partial charge is 0.261 e. The number of rotatable bonds is 4. The zero-order valence-electron chi connectivity index (χ0n) is 13.2. The van der Waals surface area contributed by atoms with Crippen LogP contribution in [0.4, 0.5) is 5.69 Å². The summed E-state index contributed by atoms with van der Waals surface area (Å²) in [4.78, 5) is 0.197. The van der Waals surface area contributed by atoms with Crippen LogP contribution in [0.3, 0.4) is 0 Å². The van der Waals surface area contributed by atoms with Crippen LogP contribution in [0.1, 0.15) is 36.5 Å². The second-order valence-corrected chi connectivity index (χ2v) is 7.38.